The molecule has 0 saturated heterocycles. The molecule has 21 heavy (non-hydrogen) atoms. The van der Waals surface area contributed by atoms with Crippen molar-refractivity contribution in [3.63, 3.8) is 0 Å². The van der Waals surface area contributed by atoms with E-state index in [-0.39, 0.29) is 0 Å². The normalized spacial score (nSPS) is 20.9. The van der Waals surface area contributed by atoms with Gasteiger partial charge in [0.15, 0.2) is 0 Å². The first-order valence-electron chi connectivity index (χ1n) is 7.47. The highest BCUT2D eigenvalue weighted by molar-refractivity contribution is 5.34. The van der Waals surface area contributed by atoms with Gasteiger partial charge in [0.25, 0.3) is 0 Å². The molecule has 1 N–H and O–H groups in total. The van der Waals surface area contributed by atoms with Crippen LogP contribution in [0.1, 0.15) is 47.0 Å². The number of nitrogens with zero attached hydrogens (tertiary/aromatic N) is 2. The van der Waals surface area contributed by atoms with E-state index in [1.807, 2.05) is 0 Å². The van der Waals surface area contributed by atoms with Crippen LogP contribution in [0, 0.1) is 10.8 Å². The topological polar surface area (TPSA) is 56.3 Å². The number of aromatic nitrogens is 2. The average molecular weight is 293 g/mol. The predicted molar refractivity (Wildman–Crippen MR) is 84.0 cm³/mol. The summed E-state index contributed by atoms with van der Waals surface area (Å²) < 4.78 is 10.4. The zero-order valence-electron chi connectivity index (χ0n) is 14.0. The summed E-state index contributed by atoms with van der Waals surface area (Å²) in [6, 6.07) is 2.04. The Bertz CT molecular complexity index is 462. The van der Waals surface area contributed by atoms with Crippen LogP contribution in [0.3, 0.4) is 0 Å². The Hall–Kier alpha value is -1.52. The molecule has 1 saturated carbocycles. The van der Waals surface area contributed by atoms with Gasteiger partial charge >= 0.3 is 0 Å². The largest absolute Gasteiger partial charge is 0.481 e. The molecule has 2 rings (SSSR count). The molecule has 0 amide bonds. The minimum absolute atomic E-state index is 0.322. The van der Waals surface area contributed by atoms with Crippen molar-refractivity contribution in [3.05, 3.63) is 6.07 Å². The third-order valence-corrected chi connectivity index (χ3v) is 3.99. The highest BCUT2D eigenvalue weighted by atomic mass is 16.5. The number of hydrogen-bond donors (Lipinski definition) is 1. The van der Waals surface area contributed by atoms with Gasteiger partial charge in [0, 0.05) is 6.04 Å². The zero-order valence-corrected chi connectivity index (χ0v) is 14.0. The van der Waals surface area contributed by atoms with Crippen molar-refractivity contribution in [1.82, 2.24) is 9.97 Å². The molecule has 0 aliphatic heterocycles. The highest BCUT2D eigenvalue weighted by Gasteiger charge is 2.38. The molecule has 1 fully saturated rings. The van der Waals surface area contributed by atoms with Gasteiger partial charge in [0.2, 0.25) is 17.7 Å². The summed E-state index contributed by atoms with van der Waals surface area (Å²) in [6.45, 7) is 9.32. The first-order valence-corrected chi connectivity index (χ1v) is 7.47. The molecule has 1 aromatic rings. The molecule has 5 heteroatoms. The fourth-order valence-corrected chi connectivity index (χ4v) is 3.81. The van der Waals surface area contributed by atoms with Gasteiger partial charge in [-0.1, -0.05) is 27.7 Å². The van der Waals surface area contributed by atoms with Gasteiger partial charge in [0.05, 0.1) is 20.3 Å². The Kier molecular flexibility index (Phi) is 4.30. The molecule has 0 radical (unpaired) electrons. The predicted octanol–water partition coefficient (Wildman–Crippen LogP) is 3.51. The molecule has 1 aliphatic rings. The number of anilines is 1. The average Bonchev–Trinajstić information content (AvgIpc) is 2.34. The number of methoxy groups -OCH3 is 2. The Morgan fingerprint density at radius 2 is 1.48 bits per heavy atom. The van der Waals surface area contributed by atoms with Crippen molar-refractivity contribution in [2.24, 2.45) is 10.8 Å². The molecule has 1 aromatic heterocycles. The summed E-state index contributed by atoms with van der Waals surface area (Å²) in [5.41, 5.74) is 0.644. The molecule has 5 nitrogen and oxygen atoms in total. The summed E-state index contributed by atoms with van der Waals surface area (Å²) in [7, 11) is 3.19. The highest BCUT2D eigenvalue weighted by Crippen LogP contribution is 2.46. The maximum atomic E-state index is 5.20. The number of rotatable bonds is 4. The monoisotopic (exact) mass is 293 g/mol. The van der Waals surface area contributed by atoms with Gasteiger partial charge in [-0.25, -0.2) is 0 Å². The number of nitrogens with one attached hydrogen (secondary N) is 1. The van der Waals surface area contributed by atoms with E-state index in [2.05, 4.69) is 43.0 Å². The number of ether oxygens (including phenoxy) is 2. The molecule has 0 unspecified atom stereocenters. The van der Waals surface area contributed by atoms with Crippen LogP contribution in [0.2, 0.25) is 0 Å². The lowest BCUT2D eigenvalue weighted by Crippen LogP contribution is -2.40. The molecular formula is C16H27N3O2. The van der Waals surface area contributed by atoms with Gasteiger partial charge in [-0.15, -0.1) is 0 Å². The molecule has 0 aromatic carbocycles. The molecule has 0 atom stereocenters. The van der Waals surface area contributed by atoms with Crippen LogP contribution in [0.4, 0.5) is 5.95 Å². The lowest BCUT2D eigenvalue weighted by Gasteiger charge is -2.45. The molecule has 1 heterocycles. The lowest BCUT2D eigenvalue weighted by atomic mass is 9.63. The van der Waals surface area contributed by atoms with E-state index >= 15 is 0 Å². The van der Waals surface area contributed by atoms with Crippen LogP contribution in [-0.2, 0) is 0 Å². The molecule has 0 spiro atoms. The molecular weight excluding hydrogens is 266 g/mol. The fraction of sp³-hybridized carbons (Fsp3) is 0.750. The Morgan fingerprint density at radius 1 is 1.00 bits per heavy atom. The van der Waals surface area contributed by atoms with Gasteiger partial charge in [-0.3, -0.25) is 0 Å². The van der Waals surface area contributed by atoms with Crippen molar-refractivity contribution in [3.8, 4) is 11.8 Å². The third kappa shape index (κ3) is 4.22. The maximum absolute atomic E-state index is 5.20. The second-order valence-corrected chi connectivity index (χ2v) is 7.53. The van der Waals surface area contributed by atoms with E-state index in [1.165, 1.54) is 6.42 Å². The van der Waals surface area contributed by atoms with Crippen molar-refractivity contribution in [2.45, 2.75) is 53.0 Å². The van der Waals surface area contributed by atoms with Crippen molar-refractivity contribution < 1.29 is 9.47 Å². The van der Waals surface area contributed by atoms with E-state index < -0.39 is 0 Å². The Morgan fingerprint density at radius 3 is 1.90 bits per heavy atom. The van der Waals surface area contributed by atoms with Gasteiger partial charge < -0.3 is 14.8 Å². The second kappa shape index (κ2) is 5.70. The second-order valence-electron chi connectivity index (χ2n) is 7.53. The van der Waals surface area contributed by atoms with Crippen LogP contribution in [-0.4, -0.2) is 30.2 Å². The summed E-state index contributed by atoms with van der Waals surface area (Å²) in [5.74, 6) is 1.60. The Labute approximate surface area is 127 Å². The molecule has 0 bridgehead atoms. The summed E-state index contributed by atoms with van der Waals surface area (Å²) >= 11 is 0. The van der Waals surface area contributed by atoms with E-state index in [0.29, 0.717) is 34.6 Å². The van der Waals surface area contributed by atoms with E-state index in [9.17, 15) is 0 Å². The minimum atomic E-state index is 0.322. The number of hydrogen-bond acceptors (Lipinski definition) is 5. The van der Waals surface area contributed by atoms with Crippen LogP contribution in [0.25, 0.3) is 0 Å². The SMILES string of the molecule is COc1cc(OC)nc(NC2CC(C)(C)CC(C)(C)C2)n1. The van der Waals surface area contributed by atoms with Gasteiger partial charge in [0.1, 0.15) is 0 Å². The van der Waals surface area contributed by atoms with E-state index in [0.717, 1.165) is 12.8 Å². The minimum Gasteiger partial charge on any atom is -0.481 e. The summed E-state index contributed by atoms with van der Waals surface area (Å²) in [4.78, 5) is 8.73. The third-order valence-electron chi connectivity index (χ3n) is 3.99. The maximum Gasteiger partial charge on any atom is 0.229 e. The quantitative estimate of drug-likeness (QED) is 0.920. The van der Waals surface area contributed by atoms with Crippen molar-refractivity contribution in [2.75, 3.05) is 19.5 Å². The van der Waals surface area contributed by atoms with Crippen molar-refractivity contribution in [1.29, 1.82) is 0 Å². The fourth-order valence-electron chi connectivity index (χ4n) is 3.81. The molecule has 1 aliphatic carbocycles. The van der Waals surface area contributed by atoms with Crippen molar-refractivity contribution >= 4 is 5.95 Å². The zero-order chi connectivity index (χ0) is 15.7. The van der Waals surface area contributed by atoms with E-state index in [4.69, 9.17) is 9.47 Å². The first kappa shape index (κ1) is 15.9. The standard InChI is InChI=1S/C16H27N3O2/c1-15(2)8-11(9-16(3,4)10-15)17-14-18-12(20-5)7-13(19-14)21-6/h7,11H,8-10H2,1-6H3,(H,17,18,19). The summed E-state index contributed by atoms with van der Waals surface area (Å²) in [5, 5.41) is 3.46. The lowest BCUT2D eigenvalue weighted by molar-refractivity contribution is 0.105. The van der Waals surface area contributed by atoms with Gasteiger partial charge in [-0.05, 0) is 30.1 Å². The van der Waals surface area contributed by atoms with Crippen LogP contribution in [0.5, 0.6) is 11.8 Å². The van der Waals surface area contributed by atoms with Gasteiger partial charge in [-0.2, -0.15) is 9.97 Å². The van der Waals surface area contributed by atoms with Crippen LogP contribution >= 0.6 is 0 Å². The summed E-state index contributed by atoms with van der Waals surface area (Å²) in [6.07, 6.45) is 3.46. The Balaban J connectivity index is 2.17. The van der Waals surface area contributed by atoms with Crippen LogP contribution < -0.4 is 14.8 Å². The van der Waals surface area contributed by atoms with Crippen LogP contribution in [0.15, 0.2) is 6.07 Å². The molecule has 118 valence electrons. The first-order chi connectivity index (χ1) is 9.73. The van der Waals surface area contributed by atoms with E-state index in [1.54, 1.807) is 20.3 Å². The smallest absolute Gasteiger partial charge is 0.229 e.